The van der Waals surface area contributed by atoms with Gasteiger partial charge < -0.3 is 10.6 Å². The number of hydrogen-bond donors (Lipinski definition) is 2. The van der Waals surface area contributed by atoms with Gasteiger partial charge in [-0.15, -0.1) is 0 Å². The highest BCUT2D eigenvalue weighted by atomic mass is 16.1. The van der Waals surface area contributed by atoms with Crippen molar-refractivity contribution in [1.29, 1.82) is 0 Å². The zero-order chi connectivity index (χ0) is 17.5. The quantitative estimate of drug-likeness (QED) is 0.760. The summed E-state index contributed by atoms with van der Waals surface area (Å²) in [6.07, 6.45) is 10.9. The average Bonchev–Trinajstić information content (AvgIpc) is 3.41. The van der Waals surface area contributed by atoms with Gasteiger partial charge in [0.2, 0.25) is 0 Å². The number of hydrogen-bond acceptors (Lipinski definition) is 4. The molecule has 0 unspecified atom stereocenters. The molecule has 1 aliphatic carbocycles. The van der Waals surface area contributed by atoms with Crippen LogP contribution in [0.25, 0.3) is 16.9 Å². The highest BCUT2D eigenvalue weighted by molar-refractivity contribution is 5.98. The van der Waals surface area contributed by atoms with Gasteiger partial charge in [0, 0.05) is 36.6 Å². The monoisotopic (exact) mass is 347 g/mol. The van der Waals surface area contributed by atoms with Crippen LogP contribution in [0.1, 0.15) is 41.6 Å². The number of imidazole rings is 1. The zero-order valence-corrected chi connectivity index (χ0v) is 14.5. The number of rotatable bonds is 4. The van der Waals surface area contributed by atoms with Crippen molar-refractivity contribution in [3.05, 3.63) is 47.9 Å². The van der Waals surface area contributed by atoms with E-state index < -0.39 is 0 Å². The van der Waals surface area contributed by atoms with Crippen LogP contribution in [-0.4, -0.2) is 26.8 Å². The summed E-state index contributed by atoms with van der Waals surface area (Å²) in [6.45, 7) is 1.55. The average molecular weight is 347 g/mol. The molecule has 2 N–H and O–H groups in total. The smallest absolute Gasteiger partial charge is 0.251 e. The van der Waals surface area contributed by atoms with Crippen molar-refractivity contribution in [2.24, 2.45) is 5.92 Å². The van der Waals surface area contributed by atoms with E-state index in [1.807, 2.05) is 24.5 Å². The van der Waals surface area contributed by atoms with Gasteiger partial charge in [0.1, 0.15) is 0 Å². The van der Waals surface area contributed by atoms with E-state index in [0.717, 1.165) is 46.3 Å². The lowest BCUT2D eigenvalue weighted by Crippen LogP contribution is -2.13. The number of carbonyl (C=O) groups is 1. The first-order valence-corrected chi connectivity index (χ1v) is 9.27. The predicted molar refractivity (Wildman–Crippen MR) is 100 cm³/mol. The Balaban J connectivity index is 1.49. The second kappa shape index (κ2) is 6.12. The number of fused-ring (bicyclic) bond motifs is 2. The summed E-state index contributed by atoms with van der Waals surface area (Å²) in [5.74, 6) is 1.58. The van der Waals surface area contributed by atoms with E-state index in [-0.39, 0.29) is 5.91 Å². The first kappa shape index (κ1) is 15.4. The summed E-state index contributed by atoms with van der Waals surface area (Å²) in [5, 5.41) is 6.36. The fourth-order valence-electron chi connectivity index (χ4n) is 4.10. The minimum Gasteiger partial charge on any atom is -0.367 e. The van der Waals surface area contributed by atoms with Crippen LogP contribution in [0.15, 0.2) is 36.8 Å². The van der Waals surface area contributed by atoms with E-state index in [1.165, 1.54) is 25.7 Å². The first-order valence-electron chi connectivity index (χ1n) is 9.27. The molecule has 6 nitrogen and oxygen atoms in total. The minimum atomic E-state index is 0.00362. The molecule has 1 fully saturated rings. The highest BCUT2D eigenvalue weighted by Crippen LogP contribution is 2.28. The van der Waals surface area contributed by atoms with Crippen molar-refractivity contribution < 1.29 is 4.79 Å². The maximum Gasteiger partial charge on any atom is 0.251 e. The van der Waals surface area contributed by atoms with Crippen LogP contribution in [0.4, 0.5) is 5.82 Å². The molecule has 0 bridgehead atoms. The topological polar surface area (TPSA) is 71.3 Å². The van der Waals surface area contributed by atoms with E-state index in [9.17, 15) is 4.79 Å². The summed E-state index contributed by atoms with van der Waals surface area (Å²) in [6, 6.07) is 5.93. The Morgan fingerprint density at radius 1 is 1.23 bits per heavy atom. The van der Waals surface area contributed by atoms with E-state index in [4.69, 9.17) is 0 Å². The second-order valence-electron chi connectivity index (χ2n) is 7.20. The first-order chi connectivity index (χ1) is 12.8. The van der Waals surface area contributed by atoms with E-state index in [2.05, 4.69) is 31.1 Å². The van der Waals surface area contributed by atoms with Gasteiger partial charge in [0.15, 0.2) is 11.5 Å². The Bertz CT molecular complexity index is 987. The third kappa shape index (κ3) is 2.53. The number of anilines is 1. The Kier molecular flexibility index (Phi) is 3.62. The molecule has 0 saturated heterocycles. The molecule has 5 rings (SSSR count). The summed E-state index contributed by atoms with van der Waals surface area (Å²) >= 11 is 0. The van der Waals surface area contributed by atoms with Crippen LogP contribution < -0.4 is 10.6 Å². The van der Waals surface area contributed by atoms with Crippen LogP contribution >= 0.6 is 0 Å². The molecule has 0 atom stereocenters. The summed E-state index contributed by atoms with van der Waals surface area (Å²) in [7, 11) is 0. The molecule has 2 aromatic heterocycles. The lowest BCUT2D eigenvalue weighted by Gasteiger charge is -2.13. The number of nitrogens with zero attached hydrogens (tertiary/aromatic N) is 3. The lowest BCUT2D eigenvalue weighted by atomic mass is 10.0. The van der Waals surface area contributed by atoms with Gasteiger partial charge in [0.25, 0.3) is 5.91 Å². The largest absolute Gasteiger partial charge is 0.367 e. The van der Waals surface area contributed by atoms with Crippen LogP contribution in [0, 0.1) is 5.92 Å². The van der Waals surface area contributed by atoms with Crippen molar-refractivity contribution in [2.75, 3.05) is 11.9 Å². The zero-order valence-electron chi connectivity index (χ0n) is 14.5. The molecule has 132 valence electrons. The molecule has 2 aliphatic rings. The van der Waals surface area contributed by atoms with Gasteiger partial charge >= 0.3 is 0 Å². The van der Waals surface area contributed by atoms with Gasteiger partial charge in [-0.25, -0.2) is 9.97 Å². The Morgan fingerprint density at radius 2 is 2.12 bits per heavy atom. The van der Waals surface area contributed by atoms with Gasteiger partial charge in [-0.1, -0.05) is 18.9 Å². The number of amides is 1. The number of aromatic nitrogens is 3. The minimum absolute atomic E-state index is 0.00362. The van der Waals surface area contributed by atoms with E-state index in [1.54, 1.807) is 6.20 Å². The third-order valence-corrected chi connectivity index (χ3v) is 5.55. The molecule has 1 aliphatic heterocycles. The van der Waals surface area contributed by atoms with Gasteiger partial charge in [-0.3, -0.25) is 9.20 Å². The maximum atomic E-state index is 11.8. The Hall–Kier alpha value is -2.89. The maximum absolute atomic E-state index is 11.8. The van der Waals surface area contributed by atoms with Crippen molar-refractivity contribution >= 4 is 17.4 Å². The molecule has 1 aromatic carbocycles. The second-order valence-corrected chi connectivity index (χ2v) is 7.20. The molecule has 0 radical (unpaired) electrons. The van der Waals surface area contributed by atoms with Gasteiger partial charge in [-0.05, 0) is 36.5 Å². The van der Waals surface area contributed by atoms with E-state index in [0.29, 0.717) is 6.54 Å². The molecule has 1 amide bonds. The molecule has 26 heavy (non-hydrogen) atoms. The van der Waals surface area contributed by atoms with Crippen LogP contribution in [0.5, 0.6) is 0 Å². The summed E-state index contributed by atoms with van der Waals surface area (Å²) in [4.78, 5) is 20.9. The van der Waals surface area contributed by atoms with Gasteiger partial charge in [0.05, 0.1) is 11.9 Å². The standard InChI is InChI=1S/C20H21N5O/c26-20-16-6-5-14(9-15(16)11-24-20)17-12-23-18(19-21-7-8-25(17)19)22-10-13-3-1-2-4-13/h5-9,12-13H,1-4,10-11H2,(H,22,23)(H,24,26). The van der Waals surface area contributed by atoms with Crippen molar-refractivity contribution in [1.82, 2.24) is 19.7 Å². The Labute approximate surface area is 151 Å². The molecular weight excluding hydrogens is 326 g/mol. The molecule has 1 saturated carbocycles. The van der Waals surface area contributed by atoms with Crippen LogP contribution in [-0.2, 0) is 6.54 Å². The third-order valence-electron chi connectivity index (χ3n) is 5.55. The normalized spacial score (nSPS) is 16.8. The summed E-state index contributed by atoms with van der Waals surface area (Å²) in [5.41, 5.74) is 4.65. The number of nitrogens with one attached hydrogen (secondary N) is 2. The van der Waals surface area contributed by atoms with Gasteiger partial charge in [-0.2, -0.15) is 0 Å². The fraction of sp³-hybridized carbons (Fsp3) is 0.350. The highest BCUT2D eigenvalue weighted by Gasteiger charge is 2.20. The fourth-order valence-corrected chi connectivity index (χ4v) is 4.10. The SMILES string of the molecule is O=C1NCc2cc(-c3cnc(NCC4CCCC4)c4nccn34)ccc21. The summed E-state index contributed by atoms with van der Waals surface area (Å²) < 4.78 is 2.07. The molecular formula is C20H21N5O. The molecule has 3 heterocycles. The van der Waals surface area contributed by atoms with Crippen LogP contribution in [0.3, 0.4) is 0 Å². The molecule has 6 heteroatoms. The van der Waals surface area contributed by atoms with Crippen LogP contribution in [0.2, 0.25) is 0 Å². The lowest BCUT2D eigenvalue weighted by molar-refractivity contribution is 0.0966. The molecule has 0 spiro atoms. The van der Waals surface area contributed by atoms with Crippen molar-refractivity contribution in [3.63, 3.8) is 0 Å². The molecule has 3 aromatic rings. The number of carbonyl (C=O) groups excluding carboxylic acids is 1. The predicted octanol–water partition coefficient (Wildman–Crippen LogP) is 3.24. The van der Waals surface area contributed by atoms with Crippen molar-refractivity contribution in [2.45, 2.75) is 32.2 Å². The van der Waals surface area contributed by atoms with Crippen molar-refractivity contribution in [3.8, 4) is 11.3 Å². The number of benzene rings is 1. The van der Waals surface area contributed by atoms with E-state index >= 15 is 0 Å². The Morgan fingerprint density at radius 3 is 3.00 bits per heavy atom.